The van der Waals surface area contributed by atoms with E-state index in [0.29, 0.717) is 44.4 Å². The molecule has 2 atom stereocenters. The molecule has 2 heterocycles. The van der Waals surface area contributed by atoms with Gasteiger partial charge in [-0.25, -0.2) is 22.2 Å². The maximum atomic E-state index is 13.7. The average molecular weight is 525 g/mol. The van der Waals surface area contributed by atoms with Crippen LogP contribution in [0.5, 0.6) is 0 Å². The second kappa shape index (κ2) is 9.67. The Hall–Kier alpha value is -2.07. The number of hydrogen-bond acceptors (Lipinski definition) is 5. The van der Waals surface area contributed by atoms with Crippen LogP contribution in [-0.4, -0.2) is 53.2 Å². The normalized spacial score (nSPS) is 23.1. The number of amides is 1. The summed E-state index contributed by atoms with van der Waals surface area (Å²) in [6.07, 6.45) is 2.13. The first-order chi connectivity index (χ1) is 16.7. The van der Waals surface area contributed by atoms with E-state index in [1.165, 1.54) is 0 Å². The molecule has 0 radical (unpaired) electrons. The number of sulfone groups is 1. The third-order valence-corrected chi connectivity index (χ3v) is 9.92. The lowest BCUT2D eigenvalue weighted by Crippen LogP contribution is -2.47. The molecule has 200 valence electrons. The molecule has 1 saturated heterocycles. The van der Waals surface area contributed by atoms with Crippen LogP contribution in [0.15, 0.2) is 23.1 Å². The number of rotatable bonds is 6. The van der Waals surface area contributed by atoms with Crippen molar-refractivity contribution >= 4 is 26.8 Å². The summed E-state index contributed by atoms with van der Waals surface area (Å²) in [5.74, 6) is -2.37. The molecule has 2 N–H and O–H groups in total. The Morgan fingerprint density at radius 2 is 1.89 bits per heavy atom. The number of halogens is 2. The zero-order valence-corrected chi connectivity index (χ0v) is 22.5. The second-order valence-electron chi connectivity index (χ2n) is 11.6. The highest BCUT2D eigenvalue weighted by molar-refractivity contribution is 7.92. The molecule has 1 saturated carbocycles. The molecule has 4 rings (SSSR count). The first-order valence-corrected chi connectivity index (χ1v) is 14.4. The molecule has 0 bridgehead atoms. The number of benzene rings is 1. The fraction of sp³-hybridized carbons (Fsp3) is 0.692. The van der Waals surface area contributed by atoms with Crippen LogP contribution >= 0.6 is 0 Å². The quantitative estimate of drug-likeness (QED) is 0.601. The Balaban J connectivity index is 1.64. The van der Waals surface area contributed by atoms with Gasteiger partial charge in [0.15, 0.2) is 9.84 Å². The van der Waals surface area contributed by atoms with E-state index in [-0.39, 0.29) is 35.0 Å². The van der Waals surface area contributed by atoms with Crippen LogP contribution < -0.4 is 5.73 Å². The topological polar surface area (TPSA) is 98.3 Å². The monoisotopic (exact) mass is 524 g/mol. The number of nitrogens with zero attached hydrogens (tertiary/aromatic N) is 3. The van der Waals surface area contributed by atoms with Gasteiger partial charge in [-0.05, 0) is 63.3 Å². The molecule has 2 aromatic rings. The second-order valence-corrected chi connectivity index (χ2v) is 13.9. The van der Waals surface area contributed by atoms with Gasteiger partial charge in [0.25, 0.3) is 0 Å². The van der Waals surface area contributed by atoms with Crippen molar-refractivity contribution in [3.63, 3.8) is 0 Å². The number of carbonyl (C=O) groups is 1. The first kappa shape index (κ1) is 27.0. The maximum absolute atomic E-state index is 13.7. The van der Waals surface area contributed by atoms with E-state index in [9.17, 15) is 22.0 Å². The lowest BCUT2D eigenvalue weighted by molar-refractivity contribution is -0.123. The third kappa shape index (κ3) is 5.44. The fourth-order valence-electron chi connectivity index (χ4n) is 5.55. The van der Waals surface area contributed by atoms with Crippen LogP contribution in [0.25, 0.3) is 11.0 Å². The molecule has 1 aliphatic heterocycles. The highest BCUT2D eigenvalue weighted by Crippen LogP contribution is 2.38. The Labute approximate surface area is 212 Å². The summed E-state index contributed by atoms with van der Waals surface area (Å²) < 4.78 is 56.6. The predicted molar refractivity (Wildman–Crippen MR) is 135 cm³/mol. The van der Waals surface area contributed by atoms with E-state index in [1.54, 1.807) is 25.1 Å². The van der Waals surface area contributed by atoms with Gasteiger partial charge in [0.2, 0.25) is 11.8 Å². The first-order valence-electron chi connectivity index (χ1n) is 12.8. The number of imidazole rings is 1. The van der Waals surface area contributed by atoms with E-state index in [0.717, 1.165) is 17.8 Å². The van der Waals surface area contributed by atoms with Gasteiger partial charge in [-0.1, -0.05) is 20.8 Å². The van der Waals surface area contributed by atoms with E-state index < -0.39 is 27.0 Å². The number of alkyl halides is 2. The van der Waals surface area contributed by atoms with E-state index >= 15 is 0 Å². The number of hydrogen-bond donors (Lipinski definition) is 1. The number of piperidine rings is 1. The van der Waals surface area contributed by atoms with Gasteiger partial charge in [-0.15, -0.1) is 0 Å². The molecule has 1 aromatic carbocycles. The van der Waals surface area contributed by atoms with Crippen molar-refractivity contribution in [3.05, 3.63) is 24.0 Å². The molecule has 7 nitrogen and oxygen atoms in total. The molecule has 2 fully saturated rings. The van der Waals surface area contributed by atoms with Gasteiger partial charge in [0.05, 0.1) is 21.8 Å². The lowest BCUT2D eigenvalue weighted by atomic mass is 9.86. The molecule has 1 amide bonds. The molecule has 1 unspecified atom stereocenters. The van der Waals surface area contributed by atoms with Crippen molar-refractivity contribution in [3.8, 4) is 0 Å². The van der Waals surface area contributed by atoms with Crippen LogP contribution in [0.1, 0.15) is 72.0 Å². The number of aromatic nitrogens is 2. The minimum Gasteiger partial charge on any atom is -0.369 e. The maximum Gasteiger partial charge on any atom is 0.248 e. The van der Waals surface area contributed by atoms with Crippen molar-refractivity contribution in [1.82, 2.24) is 14.5 Å². The van der Waals surface area contributed by atoms with Crippen LogP contribution in [0, 0.1) is 11.8 Å². The van der Waals surface area contributed by atoms with Crippen molar-refractivity contribution in [2.24, 2.45) is 17.6 Å². The number of likely N-dealkylation sites (tertiary alicyclic amines) is 1. The molecular formula is C26H38F2N4O3S. The van der Waals surface area contributed by atoms with E-state index in [2.05, 4.69) is 4.57 Å². The summed E-state index contributed by atoms with van der Waals surface area (Å²) in [5.41, 5.74) is 6.58. The zero-order chi connectivity index (χ0) is 26.5. The smallest absolute Gasteiger partial charge is 0.248 e. The summed E-state index contributed by atoms with van der Waals surface area (Å²) in [4.78, 5) is 18.5. The van der Waals surface area contributed by atoms with Crippen molar-refractivity contribution in [2.75, 3.05) is 13.1 Å². The van der Waals surface area contributed by atoms with Gasteiger partial charge in [-0.3, -0.25) is 9.69 Å². The molecule has 0 spiro atoms. The van der Waals surface area contributed by atoms with Gasteiger partial charge >= 0.3 is 0 Å². The van der Waals surface area contributed by atoms with Crippen molar-refractivity contribution in [1.29, 1.82) is 0 Å². The summed E-state index contributed by atoms with van der Waals surface area (Å²) in [5, 5.41) is -0.801. The fourth-order valence-corrected chi connectivity index (χ4v) is 7.06. The average Bonchev–Trinajstić information content (AvgIpc) is 3.18. The highest BCUT2D eigenvalue weighted by Gasteiger charge is 2.37. The Morgan fingerprint density at radius 1 is 1.22 bits per heavy atom. The Kier molecular flexibility index (Phi) is 7.24. The van der Waals surface area contributed by atoms with Crippen LogP contribution in [0.2, 0.25) is 0 Å². The van der Waals surface area contributed by atoms with Crippen LogP contribution in [0.4, 0.5) is 8.78 Å². The van der Waals surface area contributed by atoms with Gasteiger partial charge < -0.3 is 10.3 Å². The number of carbonyl (C=O) groups excluding carboxylic acids is 1. The molecule has 36 heavy (non-hydrogen) atoms. The Morgan fingerprint density at radius 3 is 2.50 bits per heavy atom. The van der Waals surface area contributed by atoms with Gasteiger partial charge in [0.1, 0.15) is 11.2 Å². The number of fused-ring (bicyclic) bond motifs is 1. The highest BCUT2D eigenvalue weighted by atomic mass is 32.2. The minimum absolute atomic E-state index is 0.0947. The Bertz CT molecular complexity index is 1230. The standard InChI is InChI=1S/C26H38F2N4O3S/c1-17(31-13-5-6-19(16-31)23(29)33)36(34,35)20-7-8-22-21(14-20)30-24(25(2,3)4)32(22)15-18-9-11-26(27,28)12-10-18/h7-8,14,17-19H,5-6,9-13,15-16H2,1-4H3,(H2,29,33)/t17?,19-/m0/s1. The number of nitrogens with two attached hydrogens (primary N) is 1. The largest absolute Gasteiger partial charge is 0.369 e. The molecule has 10 heteroatoms. The predicted octanol–water partition coefficient (Wildman–Crippen LogP) is 4.48. The molecule has 1 aliphatic carbocycles. The van der Waals surface area contributed by atoms with Crippen LogP contribution in [0.3, 0.4) is 0 Å². The van der Waals surface area contributed by atoms with E-state index in [1.807, 2.05) is 25.7 Å². The zero-order valence-electron chi connectivity index (χ0n) is 21.6. The summed E-state index contributed by atoms with van der Waals surface area (Å²) in [6, 6.07) is 5.03. The SMILES string of the molecule is CC(N1CCC[C@H](C(N)=O)C1)S(=O)(=O)c1ccc2c(c1)nc(C(C)(C)C)n2CC1CCC(F)(F)CC1. The third-order valence-electron chi connectivity index (χ3n) is 7.81. The van der Waals surface area contributed by atoms with Crippen molar-refractivity contribution < 1.29 is 22.0 Å². The van der Waals surface area contributed by atoms with Crippen LogP contribution in [-0.2, 0) is 26.6 Å². The number of primary amides is 1. The molecular weight excluding hydrogens is 486 g/mol. The summed E-state index contributed by atoms with van der Waals surface area (Å²) in [6.45, 7) is 9.31. The minimum atomic E-state index is -3.72. The summed E-state index contributed by atoms with van der Waals surface area (Å²) >= 11 is 0. The van der Waals surface area contributed by atoms with Crippen molar-refractivity contribution in [2.45, 2.75) is 94.4 Å². The van der Waals surface area contributed by atoms with Gasteiger partial charge in [0, 0.05) is 31.3 Å². The lowest BCUT2D eigenvalue weighted by Gasteiger charge is -2.35. The summed E-state index contributed by atoms with van der Waals surface area (Å²) in [7, 11) is -3.72. The molecule has 1 aromatic heterocycles. The molecule has 2 aliphatic rings. The van der Waals surface area contributed by atoms with Gasteiger partial charge in [-0.2, -0.15) is 0 Å². The van der Waals surface area contributed by atoms with E-state index in [4.69, 9.17) is 10.7 Å².